The number of alkyl halides is 1. The highest BCUT2D eigenvalue weighted by molar-refractivity contribution is 6.36. The average Bonchev–Trinajstić information content (AvgIpc) is 2.43. The lowest BCUT2D eigenvalue weighted by Crippen LogP contribution is -1.93. The van der Waals surface area contributed by atoms with Gasteiger partial charge in [0.05, 0.1) is 0 Å². The van der Waals surface area contributed by atoms with Gasteiger partial charge in [-0.05, 0) is 18.1 Å². The average molecular weight is 312 g/mol. The lowest BCUT2D eigenvalue weighted by atomic mass is 9.97. The van der Waals surface area contributed by atoms with Gasteiger partial charge in [0.25, 0.3) is 0 Å². The van der Waals surface area contributed by atoms with Gasteiger partial charge in [-0.2, -0.15) is 0 Å². The first-order valence-corrected chi connectivity index (χ1v) is 7.28. The number of halogens is 3. The summed E-state index contributed by atoms with van der Waals surface area (Å²) in [6.45, 7) is 0. The zero-order valence-corrected chi connectivity index (χ0v) is 12.5. The molecule has 0 aliphatic carbocycles. The molecule has 0 bridgehead atoms. The zero-order valence-electron chi connectivity index (χ0n) is 10.2. The van der Waals surface area contributed by atoms with E-state index in [0.29, 0.717) is 17.3 Å². The van der Waals surface area contributed by atoms with Crippen molar-refractivity contribution >= 4 is 40.4 Å². The zero-order chi connectivity index (χ0) is 13.7. The molecule has 98 valence electrons. The van der Waals surface area contributed by atoms with Gasteiger partial charge in [0.15, 0.2) is 0 Å². The summed E-state index contributed by atoms with van der Waals surface area (Å²) in [4.78, 5) is 0. The van der Waals surface area contributed by atoms with Gasteiger partial charge in [-0.15, -0.1) is 11.6 Å². The Morgan fingerprint density at radius 3 is 2.16 bits per heavy atom. The fraction of sp³-hybridized carbons (Fsp3) is 0.125. The van der Waals surface area contributed by atoms with Crippen molar-refractivity contribution in [2.24, 2.45) is 0 Å². The van der Waals surface area contributed by atoms with Crippen LogP contribution in [0.5, 0.6) is 0 Å². The van der Waals surface area contributed by atoms with Gasteiger partial charge in [0.2, 0.25) is 0 Å². The first-order chi connectivity index (χ1) is 9.24. The quantitative estimate of drug-likeness (QED) is 0.610. The second kappa shape index (κ2) is 7.00. The maximum absolute atomic E-state index is 6.42. The highest BCUT2D eigenvalue weighted by atomic mass is 35.5. The maximum atomic E-state index is 6.42. The Bertz CT molecular complexity index is 574. The number of benzene rings is 2. The van der Waals surface area contributed by atoms with Crippen LogP contribution in [0.3, 0.4) is 0 Å². The fourth-order valence-electron chi connectivity index (χ4n) is 1.93. The van der Waals surface area contributed by atoms with Crippen LogP contribution in [0.2, 0.25) is 5.02 Å². The van der Waals surface area contributed by atoms with Crippen molar-refractivity contribution in [1.82, 2.24) is 0 Å². The molecule has 0 heterocycles. The highest BCUT2D eigenvalue weighted by Crippen LogP contribution is 2.34. The second-order valence-electron chi connectivity index (χ2n) is 4.06. The lowest BCUT2D eigenvalue weighted by Gasteiger charge is -2.13. The highest BCUT2D eigenvalue weighted by Gasteiger charge is 2.12. The van der Waals surface area contributed by atoms with Crippen LogP contribution in [0.25, 0.3) is 5.57 Å². The third-order valence-electron chi connectivity index (χ3n) is 2.79. The minimum Gasteiger partial charge on any atom is -0.126 e. The van der Waals surface area contributed by atoms with E-state index in [-0.39, 0.29) is 0 Å². The Hall–Kier alpha value is -0.950. The fourth-order valence-corrected chi connectivity index (χ4v) is 2.76. The molecule has 0 unspecified atom stereocenters. The Balaban J connectivity index is 2.60. The number of hydrogen-bond acceptors (Lipinski definition) is 0. The molecule has 0 nitrogen and oxygen atoms in total. The molecular formula is C16H13Cl3. The third kappa shape index (κ3) is 3.54. The Morgan fingerprint density at radius 1 is 0.895 bits per heavy atom. The van der Waals surface area contributed by atoms with E-state index >= 15 is 0 Å². The largest absolute Gasteiger partial charge is 0.126 e. The molecule has 0 aliphatic heterocycles. The van der Waals surface area contributed by atoms with Crippen molar-refractivity contribution in [3.8, 4) is 0 Å². The molecule has 0 aromatic heterocycles. The van der Waals surface area contributed by atoms with Gasteiger partial charge in [-0.25, -0.2) is 0 Å². The normalized spacial score (nSPS) is 12.2. The molecule has 2 aromatic carbocycles. The van der Waals surface area contributed by atoms with Gasteiger partial charge in [-0.3, -0.25) is 0 Å². The van der Waals surface area contributed by atoms with E-state index in [0.717, 1.165) is 21.7 Å². The van der Waals surface area contributed by atoms with Crippen LogP contribution < -0.4 is 0 Å². The van der Waals surface area contributed by atoms with Crippen LogP contribution in [0.1, 0.15) is 17.5 Å². The molecule has 19 heavy (non-hydrogen) atoms. The lowest BCUT2D eigenvalue weighted by molar-refractivity contribution is 1.20. The van der Waals surface area contributed by atoms with Crippen LogP contribution in [0, 0.1) is 0 Å². The van der Waals surface area contributed by atoms with Crippen molar-refractivity contribution < 1.29 is 0 Å². The van der Waals surface area contributed by atoms with E-state index in [1.54, 1.807) is 0 Å². The van der Waals surface area contributed by atoms with Crippen molar-refractivity contribution in [3.05, 3.63) is 75.8 Å². The Morgan fingerprint density at radius 2 is 1.53 bits per heavy atom. The summed E-state index contributed by atoms with van der Waals surface area (Å²) in [6, 6.07) is 17.7. The monoisotopic (exact) mass is 310 g/mol. The van der Waals surface area contributed by atoms with Crippen LogP contribution >= 0.6 is 34.8 Å². The molecular weight excluding hydrogens is 299 g/mol. The topological polar surface area (TPSA) is 0 Å². The summed E-state index contributed by atoms with van der Waals surface area (Å²) >= 11 is 18.5. The molecule has 0 saturated carbocycles. The number of rotatable bonds is 4. The first-order valence-electron chi connectivity index (χ1n) is 5.99. The Labute approximate surface area is 128 Å². The van der Waals surface area contributed by atoms with Gasteiger partial charge < -0.3 is 0 Å². The standard InChI is InChI=1S/C16H13Cl3/c17-11-10-15(19)16(12-6-2-1-3-7-12)13-8-4-5-9-14(13)18/h1-9H,10-11H2. The SMILES string of the molecule is ClCCC(Cl)=C(c1ccccc1)c1ccccc1Cl. The molecule has 0 aliphatic rings. The van der Waals surface area contributed by atoms with Crippen molar-refractivity contribution in [3.63, 3.8) is 0 Å². The van der Waals surface area contributed by atoms with E-state index in [1.165, 1.54) is 0 Å². The molecule has 0 N–H and O–H groups in total. The van der Waals surface area contributed by atoms with Crippen LogP contribution in [-0.4, -0.2) is 5.88 Å². The van der Waals surface area contributed by atoms with Gasteiger partial charge in [0.1, 0.15) is 0 Å². The molecule has 0 saturated heterocycles. The smallest absolute Gasteiger partial charge is 0.0485 e. The summed E-state index contributed by atoms with van der Waals surface area (Å²) in [6.07, 6.45) is 0.624. The summed E-state index contributed by atoms with van der Waals surface area (Å²) in [5.41, 5.74) is 2.93. The molecule has 0 spiro atoms. The van der Waals surface area contributed by atoms with E-state index in [4.69, 9.17) is 34.8 Å². The van der Waals surface area contributed by atoms with Gasteiger partial charge in [-0.1, -0.05) is 71.7 Å². The van der Waals surface area contributed by atoms with E-state index in [2.05, 4.69) is 0 Å². The summed E-state index contributed by atoms with van der Waals surface area (Å²) < 4.78 is 0. The summed E-state index contributed by atoms with van der Waals surface area (Å²) in [5, 5.41) is 1.42. The van der Waals surface area contributed by atoms with Crippen molar-refractivity contribution in [2.45, 2.75) is 6.42 Å². The first kappa shape index (κ1) is 14.5. The minimum atomic E-state index is 0.486. The third-order valence-corrected chi connectivity index (χ3v) is 3.69. The molecule has 0 amide bonds. The van der Waals surface area contributed by atoms with Gasteiger partial charge >= 0.3 is 0 Å². The second-order valence-corrected chi connectivity index (χ2v) is 5.31. The molecule has 0 fully saturated rings. The Kier molecular flexibility index (Phi) is 5.33. The van der Waals surface area contributed by atoms with Gasteiger partial charge in [0, 0.05) is 27.1 Å². The van der Waals surface area contributed by atoms with Crippen LogP contribution in [0.4, 0.5) is 0 Å². The maximum Gasteiger partial charge on any atom is 0.0485 e. The van der Waals surface area contributed by atoms with Crippen molar-refractivity contribution in [1.29, 1.82) is 0 Å². The van der Waals surface area contributed by atoms with E-state index in [1.807, 2.05) is 54.6 Å². The number of allylic oxidation sites excluding steroid dienone is 1. The van der Waals surface area contributed by atoms with Crippen LogP contribution in [0.15, 0.2) is 59.6 Å². The molecule has 2 aromatic rings. The van der Waals surface area contributed by atoms with E-state index < -0.39 is 0 Å². The molecule has 2 rings (SSSR count). The summed E-state index contributed by atoms with van der Waals surface area (Å²) in [7, 11) is 0. The molecule has 0 radical (unpaired) electrons. The van der Waals surface area contributed by atoms with Crippen molar-refractivity contribution in [2.75, 3.05) is 5.88 Å². The predicted octanol–water partition coefficient (Wildman–Crippen LogP) is 5.97. The van der Waals surface area contributed by atoms with Crippen LogP contribution in [-0.2, 0) is 0 Å². The van der Waals surface area contributed by atoms with E-state index in [9.17, 15) is 0 Å². The molecule has 3 heteroatoms. The minimum absolute atomic E-state index is 0.486. The molecule has 0 atom stereocenters. The predicted molar refractivity (Wildman–Crippen MR) is 85.1 cm³/mol. The number of hydrogen-bond donors (Lipinski definition) is 0. The summed E-state index contributed by atoms with van der Waals surface area (Å²) in [5.74, 6) is 0.486.